The van der Waals surface area contributed by atoms with Gasteiger partial charge < -0.3 is 16.2 Å². The van der Waals surface area contributed by atoms with Crippen molar-refractivity contribution in [3.63, 3.8) is 0 Å². The molecule has 12 nitrogen and oxygen atoms in total. The Morgan fingerprint density at radius 1 is 0.678 bits per heavy atom. The molecule has 6 amide bonds. The van der Waals surface area contributed by atoms with Gasteiger partial charge in [0.15, 0.2) is 0 Å². The molecule has 4 unspecified atom stereocenters. The summed E-state index contributed by atoms with van der Waals surface area (Å²) >= 11 is 3.62. The van der Waals surface area contributed by atoms with Crippen LogP contribution in [0.25, 0.3) is 0 Å². The van der Waals surface area contributed by atoms with Crippen LogP contribution in [0.1, 0.15) is 142 Å². The van der Waals surface area contributed by atoms with Crippen molar-refractivity contribution in [3.8, 4) is 0 Å². The molecule has 0 bridgehead atoms. The first kappa shape index (κ1) is 51.1. The molecule has 320 valence electrons. The van der Waals surface area contributed by atoms with Gasteiger partial charge in [-0.05, 0) is 94.3 Å². The van der Waals surface area contributed by atoms with Crippen molar-refractivity contribution < 1.29 is 43.6 Å². The second kappa shape index (κ2) is 23.9. The quantitative estimate of drug-likeness (QED) is 0.111. The summed E-state index contributed by atoms with van der Waals surface area (Å²) < 4.78 is 4.54. The maximum absolute atomic E-state index is 12.9. The van der Waals surface area contributed by atoms with Gasteiger partial charge in [-0.15, -0.1) is 0 Å². The molecule has 0 radical (unpaired) electrons. The fraction of sp³-hybridized carbons (Fsp3) is 0.558. The zero-order valence-corrected chi connectivity index (χ0v) is 43.4. The summed E-state index contributed by atoms with van der Waals surface area (Å²) in [4.78, 5) is 76.0. The monoisotopic (exact) mass is 1010 g/mol. The van der Waals surface area contributed by atoms with Gasteiger partial charge in [0.25, 0.3) is 23.6 Å². The van der Waals surface area contributed by atoms with E-state index in [1.807, 2.05) is 58.9 Å². The number of hydrogen-bond acceptors (Lipinski definition) is 8. The summed E-state index contributed by atoms with van der Waals surface area (Å²) in [5.74, 6) is -1.01. The van der Waals surface area contributed by atoms with Crippen molar-refractivity contribution in [3.05, 3.63) is 76.2 Å². The number of imide groups is 2. The van der Waals surface area contributed by atoms with Crippen molar-refractivity contribution >= 4 is 74.0 Å². The fourth-order valence-electron chi connectivity index (χ4n) is 7.95. The molecule has 4 atom stereocenters. The first-order valence-corrected chi connectivity index (χ1v) is 30.9. The van der Waals surface area contributed by atoms with Crippen LogP contribution in [0.3, 0.4) is 0 Å². The summed E-state index contributed by atoms with van der Waals surface area (Å²) in [5.41, 5.74) is 3.74. The number of halogens is 1. The van der Waals surface area contributed by atoms with Crippen molar-refractivity contribution in [1.82, 2.24) is 29.8 Å². The molecular formula is C43H63IN6O6P2Zn. The Balaban J connectivity index is 0.000000249. The number of nitrogens with one attached hydrogen (secondary N) is 2. The second-order valence-electron chi connectivity index (χ2n) is 15.4. The molecule has 0 aliphatic carbocycles. The average molecular weight is 1010 g/mol. The number of carbonyl (C=O) groups is 6. The summed E-state index contributed by atoms with van der Waals surface area (Å²) in [7, 11) is 5.48. The average Bonchev–Trinajstić information content (AvgIpc) is 3.76. The SMILES string of the molecule is CC.CC.CC1(N2Cc3cc(C4CCN(P)CC4)ccc3C2=O)CCC(=O)NC1=O.Cc1ccc2c(c1)CN(C1(C)CCC(=O)NC1=O)C2=O.PN1CC[CH-]CC1.[Zn+][I]. The molecule has 4 saturated heterocycles. The van der Waals surface area contributed by atoms with E-state index >= 15 is 0 Å². The van der Waals surface area contributed by atoms with E-state index in [1.54, 1.807) is 23.6 Å². The number of aryl methyl sites for hydroxylation is 1. The predicted octanol–water partition coefficient (Wildman–Crippen LogP) is 6.97. The van der Waals surface area contributed by atoms with E-state index in [4.69, 9.17) is 0 Å². The number of nitrogens with zero attached hydrogens (tertiary/aromatic N) is 4. The minimum absolute atomic E-state index is 0.113. The Labute approximate surface area is 377 Å². The van der Waals surface area contributed by atoms with Crippen LogP contribution in [-0.2, 0) is 47.1 Å². The van der Waals surface area contributed by atoms with Gasteiger partial charge in [0.1, 0.15) is 11.1 Å². The molecule has 8 rings (SSSR count). The van der Waals surface area contributed by atoms with Crippen molar-refractivity contribution in [2.75, 3.05) is 26.2 Å². The number of piperidine rings is 4. The Kier molecular flexibility index (Phi) is 20.7. The first-order valence-electron chi connectivity index (χ1n) is 20.8. The number of hydrogen-bond donors (Lipinski definition) is 2. The third kappa shape index (κ3) is 12.5. The molecule has 6 aliphatic heterocycles. The van der Waals surface area contributed by atoms with Gasteiger partial charge in [-0.1, -0.05) is 76.3 Å². The van der Waals surface area contributed by atoms with E-state index in [0.717, 1.165) is 42.6 Å². The molecule has 4 fully saturated rings. The third-order valence-electron chi connectivity index (χ3n) is 11.6. The molecule has 6 aliphatic rings. The van der Waals surface area contributed by atoms with Crippen molar-refractivity contribution in [1.29, 1.82) is 0 Å². The van der Waals surface area contributed by atoms with E-state index in [0.29, 0.717) is 43.0 Å². The molecule has 2 N–H and O–H groups in total. The Hall–Kier alpha value is -2.21. The zero-order chi connectivity index (χ0) is 44.1. The van der Waals surface area contributed by atoms with Crippen LogP contribution < -0.4 is 10.6 Å². The van der Waals surface area contributed by atoms with Crippen LogP contribution in [0, 0.1) is 13.3 Å². The predicted molar refractivity (Wildman–Crippen MR) is 244 cm³/mol. The number of carbonyl (C=O) groups excluding carboxylic acids is 6. The Morgan fingerprint density at radius 3 is 1.53 bits per heavy atom. The first-order chi connectivity index (χ1) is 28.2. The molecule has 0 aromatic heterocycles. The normalized spacial score (nSPS) is 24.2. The van der Waals surface area contributed by atoms with Crippen LogP contribution in [0.4, 0.5) is 0 Å². The zero-order valence-electron chi connectivity index (χ0n) is 36.0. The van der Waals surface area contributed by atoms with E-state index in [-0.39, 0.29) is 48.3 Å². The standard InChI is InChI=1S/C19H24N3O3P.C15H16N2O3.C5H11NP.2C2H6.HI.Zn/c1-19(7-4-16(23)20-18(19)25)22-11-14-10-13(2-3-15(14)17(22)24)12-5-8-21(26)9-6-12;1-9-3-4-11-10(7-9)8-17(13(11)19)15(2)6-5-12(18)16-14(15)20;7-6-4-2-1-3-5-6;2*1-2;;/h2-3,10,12H,4-9,11,26H2,1H3,(H,20,23,25);3-4,7H,5-6,8H2,1-2H3,(H,16,18,20);1H,2-5,7H2;2*1-2H3;1H;/q;;-1;;;;+2/p-1. The van der Waals surface area contributed by atoms with Gasteiger partial charge in [-0.3, -0.25) is 48.7 Å². The summed E-state index contributed by atoms with van der Waals surface area (Å²) in [6.07, 6.45) is 8.38. The molecule has 2 aromatic rings. The molecule has 16 heteroatoms. The number of fused-ring (bicyclic) bond motifs is 2. The van der Waals surface area contributed by atoms with Crippen LogP contribution >= 0.6 is 38.5 Å². The molecular weight excluding hydrogens is 951 g/mol. The number of benzene rings is 2. The van der Waals surface area contributed by atoms with Crippen LogP contribution in [0.2, 0.25) is 0 Å². The minimum atomic E-state index is -0.963. The van der Waals surface area contributed by atoms with Crippen LogP contribution in [0.5, 0.6) is 0 Å². The summed E-state index contributed by atoms with van der Waals surface area (Å²) in [5, 5.41) is 4.72. The molecule has 2 aromatic carbocycles. The summed E-state index contributed by atoms with van der Waals surface area (Å²) in [6, 6.07) is 11.8. The molecule has 59 heavy (non-hydrogen) atoms. The van der Waals surface area contributed by atoms with Crippen molar-refractivity contribution in [2.24, 2.45) is 0 Å². The van der Waals surface area contributed by atoms with Gasteiger partial charge in [0.2, 0.25) is 11.8 Å². The molecule has 0 spiro atoms. The maximum atomic E-state index is 12.9. The van der Waals surface area contributed by atoms with Crippen molar-refractivity contribution in [2.45, 2.75) is 130 Å². The second-order valence-corrected chi connectivity index (χ2v) is 16.8. The van der Waals surface area contributed by atoms with E-state index < -0.39 is 11.1 Å². The van der Waals surface area contributed by atoms with Gasteiger partial charge in [0, 0.05) is 50.1 Å². The van der Waals surface area contributed by atoms with Gasteiger partial charge in [0.05, 0.1) is 0 Å². The van der Waals surface area contributed by atoms with Gasteiger partial charge in [-0.2, -0.15) is 12.8 Å². The summed E-state index contributed by atoms with van der Waals surface area (Å²) in [6.45, 7) is 18.9. The van der Waals surface area contributed by atoms with Gasteiger partial charge in [-0.25, -0.2) is 0 Å². The number of rotatable bonds is 3. The molecule has 6 heterocycles. The van der Waals surface area contributed by atoms with E-state index in [2.05, 4.69) is 77.1 Å². The van der Waals surface area contributed by atoms with Gasteiger partial charge >= 0.3 is 34.5 Å². The molecule has 0 saturated carbocycles. The van der Waals surface area contributed by atoms with Crippen LogP contribution in [0.15, 0.2) is 36.4 Å². The van der Waals surface area contributed by atoms with E-state index in [1.165, 1.54) is 46.3 Å². The number of amides is 6. The fourth-order valence-corrected chi connectivity index (χ4v) is 8.54. The Morgan fingerprint density at radius 2 is 1.10 bits per heavy atom. The van der Waals surface area contributed by atoms with Crippen LogP contribution in [-0.4, -0.2) is 91.8 Å². The third-order valence-corrected chi connectivity index (χ3v) is 12.6. The van der Waals surface area contributed by atoms with E-state index in [9.17, 15) is 28.8 Å². The topological polar surface area (TPSA) is 139 Å². The Bertz CT molecular complexity index is 1820.